The molecule has 0 saturated heterocycles. The minimum Gasteiger partial charge on any atom is -0.366 e. The van der Waals surface area contributed by atoms with Gasteiger partial charge in [0.15, 0.2) is 0 Å². The van der Waals surface area contributed by atoms with Crippen LogP contribution in [-0.2, 0) is 6.54 Å². The van der Waals surface area contributed by atoms with Gasteiger partial charge in [-0.3, -0.25) is 9.78 Å². The van der Waals surface area contributed by atoms with Crippen LogP contribution in [0.5, 0.6) is 0 Å². The lowest BCUT2D eigenvalue weighted by Crippen LogP contribution is -2.16. The molecule has 2 heterocycles. The summed E-state index contributed by atoms with van der Waals surface area (Å²) in [7, 11) is 0. The predicted molar refractivity (Wildman–Crippen MR) is 103 cm³/mol. The fraction of sp³-hybridized carbons (Fsp3) is 0.111. The summed E-state index contributed by atoms with van der Waals surface area (Å²) in [5.41, 5.74) is 1.65. The summed E-state index contributed by atoms with van der Waals surface area (Å²) in [6.45, 7) is 2.25. The van der Waals surface area contributed by atoms with Gasteiger partial charge in [-0.05, 0) is 36.8 Å². The number of aryl methyl sites for hydroxylation is 1. The van der Waals surface area contributed by atoms with Gasteiger partial charge < -0.3 is 10.6 Å². The maximum Gasteiger partial charge on any atom is 0.274 e. The molecule has 3 aromatic rings. The summed E-state index contributed by atoms with van der Waals surface area (Å²) in [6.07, 6.45) is 3.47. The van der Waals surface area contributed by atoms with Gasteiger partial charge >= 0.3 is 0 Å². The monoisotopic (exact) mass is 387 g/mol. The molecule has 0 fully saturated rings. The molecule has 1 aromatic carbocycles. The molecule has 2 N–H and O–H groups in total. The first-order valence-corrected chi connectivity index (χ1v) is 8.52. The highest BCUT2D eigenvalue weighted by molar-refractivity contribution is 6.35. The van der Waals surface area contributed by atoms with Crippen molar-refractivity contribution in [2.24, 2.45) is 0 Å². The molecule has 0 unspecified atom stereocenters. The first-order chi connectivity index (χ1) is 12.5. The summed E-state index contributed by atoms with van der Waals surface area (Å²) >= 11 is 12.0. The molecule has 0 aliphatic carbocycles. The summed E-state index contributed by atoms with van der Waals surface area (Å²) in [4.78, 5) is 25.1. The summed E-state index contributed by atoms with van der Waals surface area (Å²) in [5.74, 6) is 0.622. The van der Waals surface area contributed by atoms with E-state index in [0.717, 1.165) is 5.56 Å². The third-order valence-electron chi connectivity index (χ3n) is 3.44. The number of pyridine rings is 1. The number of anilines is 2. The van der Waals surface area contributed by atoms with E-state index >= 15 is 0 Å². The van der Waals surface area contributed by atoms with E-state index < -0.39 is 5.91 Å². The Kier molecular flexibility index (Phi) is 5.65. The van der Waals surface area contributed by atoms with Crippen LogP contribution in [-0.4, -0.2) is 20.9 Å². The molecule has 132 valence electrons. The third-order valence-corrected chi connectivity index (χ3v) is 4.01. The molecule has 0 saturated carbocycles. The van der Waals surface area contributed by atoms with Crippen molar-refractivity contribution < 1.29 is 4.79 Å². The van der Waals surface area contributed by atoms with Crippen LogP contribution in [0.1, 0.15) is 21.9 Å². The van der Waals surface area contributed by atoms with Gasteiger partial charge in [-0.1, -0.05) is 29.3 Å². The Bertz CT molecular complexity index is 934. The molecule has 0 spiro atoms. The summed E-state index contributed by atoms with van der Waals surface area (Å²) in [6, 6.07) is 10.2. The van der Waals surface area contributed by atoms with Crippen LogP contribution in [0.4, 0.5) is 11.5 Å². The molecule has 0 aliphatic heterocycles. The van der Waals surface area contributed by atoms with Crippen molar-refractivity contribution in [3.63, 3.8) is 0 Å². The molecule has 2 aromatic heterocycles. The predicted octanol–water partition coefficient (Wildman–Crippen LogP) is 4.35. The van der Waals surface area contributed by atoms with Crippen molar-refractivity contribution in [2.45, 2.75) is 13.5 Å². The van der Waals surface area contributed by atoms with Crippen LogP contribution in [0.2, 0.25) is 10.0 Å². The van der Waals surface area contributed by atoms with Gasteiger partial charge in [-0.15, -0.1) is 0 Å². The highest BCUT2D eigenvalue weighted by Gasteiger charge is 2.13. The van der Waals surface area contributed by atoms with Crippen LogP contribution in [0.25, 0.3) is 0 Å². The number of benzene rings is 1. The van der Waals surface area contributed by atoms with Crippen molar-refractivity contribution >= 4 is 40.6 Å². The average Bonchev–Trinajstić information content (AvgIpc) is 2.63. The Morgan fingerprint density at radius 2 is 2.00 bits per heavy atom. The van der Waals surface area contributed by atoms with Gasteiger partial charge in [-0.2, -0.15) is 0 Å². The topological polar surface area (TPSA) is 79.8 Å². The zero-order valence-corrected chi connectivity index (χ0v) is 15.3. The fourth-order valence-electron chi connectivity index (χ4n) is 2.25. The Morgan fingerprint density at radius 3 is 2.77 bits per heavy atom. The molecule has 3 rings (SSSR count). The Hall–Kier alpha value is -2.70. The Balaban J connectivity index is 1.76. The maximum atomic E-state index is 12.5. The fourth-order valence-corrected chi connectivity index (χ4v) is 2.59. The first kappa shape index (κ1) is 18.1. The number of nitrogens with zero attached hydrogens (tertiary/aromatic N) is 3. The van der Waals surface area contributed by atoms with E-state index in [1.165, 1.54) is 0 Å². The number of rotatable bonds is 5. The van der Waals surface area contributed by atoms with Gasteiger partial charge in [0.1, 0.15) is 17.3 Å². The number of hydrogen-bond donors (Lipinski definition) is 2. The van der Waals surface area contributed by atoms with Crippen LogP contribution >= 0.6 is 23.2 Å². The number of aromatic nitrogens is 3. The lowest BCUT2D eigenvalue weighted by atomic mass is 10.2. The quantitative estimate of drug-likeness (QED) is 0.679. The van der Waals surface area contributed by atoms with Crippen LogP contribution in [0.15, 0.2) is 48.8 Å². The molecule has 1 amide bonds. The third kappa shape index (κ3) is 4.68. The molecule has 0 aliphatic rings. The minimum atomic E-state index is -0.399. The minimum absolute atomic E-state index is 0.224. The SMILES string of the molecule is Cc1nc(NCc2cccnc2)cc(C(=O)Nc2cc(Cl)ccc2Cl)n1. The smallest absolute Gasteiger partial charge is 0.274 e. The van der Waals surface area contributed by atoms with Crippen LogP contribution in [0, 0.1) is 6.92 Å². The van der Waals surface area contributed by atoms with Gasteiger partial charge in [0, 0.05) is 30.0 Å². The van der Waals surface area contributed by atoms with Crippen molar-refractivity contribution in [1.29, 1.82) is 0 Å². The van der Waals surface area contributed by atoms with E-state index in [-0.39, 0.29) is 5.69 Å². The van der Waals surface area contributed by atoms with E-state index in [4.69, 9.17) is 23.2 Å². The van der Waals surface area contributed by atoms with Crippen molar-refractivity contribution in [3.05, 3.63) is 75.9 Å². The largest absolute Gasteiger partial charge is 0.366 e. The molecule has 8 heteroatoms. The molecule has 6 nitrogen and oxygen atoms in total. The van der Waals surface area contributed by atoms with E-state index in [2.05, 4.69) is 25.6 Å². The lowest BCUT2D eigenvalue weighted by Gasteiger charge is -2.10. The summed E-state index contributed by atoms with van der Waals surface area (Å²) < 4.78 is 0. The Morgan fingerprint density at radius 1 is 1.15 bits per heavy atom. The number of halogens is 2. The zero-order chi connectivity index (χ0) is 18.5. The highest BCUT2D eigenvalue weighted by Crippen LogP contribution is 2.25. The van der Waals surface area contributed by atoms with Crippen molar-refractivity contribution in [2.75, 3.05) is 10.6 Å². The number of hydrogen-bond acceptors (Lipinski definition) is 5. The molecule has 0 atom stereocenters. The van der Waals surface area contributed by atoms with Gasteiger partial charge in [0.2, 0.25) is 0 Å². The number of amides is 1. The second-order valence-corrected chi connectivity index (χ2v) is 6.32. The molecular formula is C18H15Cl2N5O. The van der Waals surface area contributed by atoms with Gasteiger partial charge in [-0.25, -0.2) is 9.97 Å². The van der Waals surface area contributed by atoms with Gasteiger partial charge in [0.05, 0.1) is 10.7 Å². The van der Waals surface area contributed by atoms with E-state index in [9.17, 15) is 4.79 Å². The highest BCUT2D eigenvalue weighted by atomic mass is 35.5. The van der Waals surface area contributed by atoms with E-state index in [1.807, 2.05) is 12.1 Å². The van der Waals surface area contributed by atoms with E-state index in [0.29, 0.717) is 33.9 Å². The standard InChI is InChI=1S/C18H15Cl2N5O/c1-11-23-16(18(26)25-15-7-13(19)4-5-14(15)20)8-17(24-11)22-10-12-3-2-6-21-9-12/h2-9H,10H2,1H3,(H,25,26)(H,22,23,24). The Labute approximate surface area is 160 Å². The van der Waals surface area contributed by atoms with E-state index in [1.54, 1.807) is 43.6 Å². The normalized spacial score (nSPS) is 10.4. The number of carbonyl (C=O) groups excluding carboxylic acids is 1. The molecule has 0 radical (unpaired) electrons. The van der Waals surface area contributed by atoms with Gasteiger partial charge in [0.25, 0.3) is 5.91 Å². The van der Waals surface area contributed by atoms with Crippen molar-refractivity contribution in [3.8, 4) is 0 Å². The summed E-state index contributed by atoms with van der Waals surface area (Å²) in [5, 5.41) is 6.74. The second kappa shape index (κ2) is 8.12. The molecule has 0 bridgehead atoms. The molecule has 26 heavy (non-hydrogen) atoms. The number of nitrogens with one attached hydrogen (secondary N) is 2. The van der Waals surface area contributed by atoms with Crippen LogP contribution in [0.3, 0.4) is 0 Å². The maximum absolute atomic E-state index is 12.5. The van der Waals surface area contributed by atoms with Crippen molar-refractivity contribution in [1.82, 2.24) is 15.0 Å². The number of carbonyl (C=O) groups is 1. The second-order valence-electron chi connectivity index (χ2n) is 5.48. The zero-order valence-electron chi connectivity index (χ0n) is 13.8. The van der Waals surface area contributed by atoms with Crippen LogP contribution < -0.4 is 10.6 Å². The molecular weight excluding hydrogens is 373 g/mol. The lowest BCUT2D eigenvalue weighted by molar-refractivity contribution is 0.102. The average molecular weight is 388 g/mol. The first-order valence-electron chi connectivity index (χ1n) is 7.76.